The summed E-state index contributed by atoms with van der Waals surface area (Å²) >= 11 is 5.74. The number of ether oxygens (including phenoxy) is 2. The molecule has 140 valence electrons. The van der Waals surface area contributed by atoms with Crippen molar-refractivity contribution in [3.8, 4) is 28.4 Å². The Morgan fingerprint density at radius 2 is 1.71 bits per heavy atom. The molecule has 0 saturated carbocycles. The highest BCUT2D eigenvalue weighted by molar-refractivity contribution is 6.67. The number of carbonyl (C=O) groups excluding carboxylic acids is 1. The zero-order chi connectivity index (χ0) is 19.7. The minimum atomic E-state index is -0.646. The molecule has 0 radical (unpaired) electrons. The smallest absolute Gasteiger partial charge is 0.272 e. The number of fused-ring (bicyclic) bond motifs is 1. The molecule has 0 aliphatic carbocycles. The minimum absolute atomic E-state index is 0.130. The van der Waals surface area contributed by atoms with Crippen molar-refractivity contribution in [3.63, 3.8) is 0 Å². The van der Waals surface area contributed by atoms with Crippen LogP contribution in [0.1, 0.15) is 10.5 Å². The maximum absolute atomic E-state index is 11.9. The van der Waals surface area contributed by atoms with Crippen LogP contribution in [0.4, 0.5) is 0 Å². The molecule has 0 unspecified atom stereocenters. The Kier molecular flexibility index (Phi) is 4.71. The van der Waals surface area contributed by atoms with E-state index >= 15 is 0 Å². The van der Waals surface area contributed by atoms with Crippen LogP contribution >= 0.6 is 11.6 Å². The Morgan fingerprint density at radius 3 is 2.39 bits per heavy atom. The number of pyridine rings is 1. The molecule has 0 saturated heterocycles. The molecule has 0 fully saturated rings. The van der Waals surface area contributed by atoms with Crippen LogP contribution in [0, 0.1) is 0 Å². The Bertz CT molecular complexity index is 1160. The number of aromatic nitrogens is 3. The van der Waals surface area contributed by atoms with E-state index in [1.54, 1.807) is 31.2 Å². The lowest BCUT2D eigenvalue weighted by molar-refractivity contribution is 0.107. The van der Waals surface area contributed by atoms with Gasteiger partial charge in [0.2, 0.25) is 0 Å². The second kappa shape index (κ2) is 7.32. The standard InChI is InChI=1S/C21H16ClN3O3/c1-27-18-9-4-10-19(28-2)20(18)17-12-15(21(22)26)24-25(17)16-8-3-7-14-13(16)6-5-11-23-14/h3-12H,1-2H3. The first-order chi connectivity index (χ1) is 13.6. The molecule has 4 rings (SSSR count). The van der Waals surface area contributed by atoms with Gasteiger partial charge in [0, 0.05) is 11.6 Å². The van der Waals surface area contributed by atoms with Gasteiger partial charge in [-0.3, -0.25) is 9.78 Å². The fourth-order valence-electron chi connectivity index (χ4n) is 3.21. The Morgan fingerprint density at radius 1 is 1.00 bits per heavy atom. The number of hydrogen-bond acceptors (Lipinski definition) is 5. The van der Waals surface area contributed by atoms with Crippen molar-refractivity contribution < 1.29 is 14.3 Å². The third kappa shape index (κ3) is 2.97. The normalized spacial score (nSPS) is 10.8. The Labute approximate surface area is 166 Å². The van der Waals surface area contributed by atoms with Crippen LogP contribution in [0.15, 0.2) is 60.8 Å². The second-order valence-corrected chi connectivity index (χ2v) is 6.33. The van der Waals surface area contributed by atoms with Gasteiger partial charge in [-0.25, -0.2) is 4.68 Å². The van der Waals surface area contributed by atoms with Gasteiger partial charge < -0.3 is 9.47 Å². The van der Waals surface area contributed by atoms with Gasteiger partial charge in [0.15, 0.2) is 0 Å². The molecule has 0 N–H and O–H groups in total. The predicted octanol–water partition coefficient (Wildman–Crippen LogP) is 4.48. The van der Waals surface area contributed by atoms with Crippen molar-refractivity contribution in [3.05, 3.63) is 66.5 Å². The summed E-state index contributed by atoms with van der Waals surface area (Å²) in [4.78, 5) is 16.3. The van der Waals surface area contributed by atoms with E-state index in [9.17, 15) is 4.79 Å². The molecule has 0 aliphatic heterocycles. The highest BCUT2D eigenvalue weighted by atomic mass is 35.5. The van der Waals surface area contributed by atoms with Crippen LogP contribution in [0.3, 0.4) is 0 Å². The molecule has 28 heavy (non-hydrogen) atoms. The lowest BCUT2D eigenvalue weighted by Gasteiger charge is -2.15. The molecule has 7 heteroatoms. The molecular weight excluding hydrogens is 378 g/mol. The minimum Gasteiger partial charge on any atom is -0.496 e. The van der Waals surface area contributed by atoms with E-state index in [0.717, 1.165) is 16.6 Å². The number of halogens is 1. The van der Waals surface area contributed by atoms with Crippen LogP contribution < -0.4 is 9.47 Å². The first-order valence-corrected chi connectivity index (χ1v) is 8.87. The number of carbonyl (C=O) groups is 1. The molecule has 0 aliphatic rings. The summed E-state index contributed by atoms with van der Waals surface area (Å²) in [6.07, 6.45) is 1.73. The lowest BCUT2D eigenvalue weighted by atomic mass is 10.1. The highest BCUT2D eigenvalue weighted by Gasteiger charge is 2.22. The van der Waals surface area contributed by atoms with E-state index < -0.39 is 5.24 Å². The fourth-order valence-corrected chi connectivity index (χ4v) is 3.31. The number of methoxy groups -OCH3 is 2. The van der Waals surface area contributed by atoms with Crippen molar-refractivity contribution >= 4 is 27.7 Å². The van der Waals surface area contributed by atoms with Gasteiger partial charge in [-0.1, -0.05) is 12.1 Å². The molecule has 0 bridgehead atoms. The molecule has 0 atom stereocenters. The first-order valence-electron chi connectivity index (χ1n) is 8.49. The third-order valence-electron chi connectivity index (χ3n) is 4.45. The van der Waals surface area contributed by atoms with Crippen molar-refractivity contribution in [2.75, 3.05) is 14.2 Å². The summed E-state index contributed by atoms with van der Waals surface area (Å²) < 4.78 is 12.7. The van der Waals surface area contributed by atoms with Crippen LogP contribution in [-0.2, 0) is 0 Å². The molecule has 2 aromatic carbocycles. The van der Waals surface area contributed by atoms with Gasteiger partial charge in [-0.05, 0) is 54.1 Å². The van der Waals surface area contributed by atoms with Gasteiger partial charge in [0.05, 0.1) is 36.7 Å². The molecule has 4 aromatic rings. The van der Waals surface area contributed by atoms with Gasteiger partial charge >= 0.3 is 0 Å². The largest absolute Gasteiger partial charge is 0.496 e. The molecule has 2 aromatic heterocycles. The molecular formula is C21H16ClN3O3. The van der Waals surface area contributed by atoms with Crippen molar-refractivity contribution in [2.24, 2.45) is 0 Å². The second-order valence-electron chi connectivity index (χ2n) is 5.99. The monoisotopic (exact) mass is 393 g/mol. The van der Waals surface area contributed by atoms with Crippen LogP contribution in [-0.4, -0.2) is 34.2 Å². The molecule has 2 heterocycles. The van der Waals surface area contributed by atoms with E-state index in [1.165, 1.54) is 0 Å². The molecule has 6 nitrogen and oxygen atoms in total. The zero-order valence-electron chi connectivity index (χ0n) is 15.2. The van der Waals surface area contributed by atoms with Gasteiger partial charge in [0.1, 0.15) is 17.2 Å². The average Bonchev–Trinajstić information content (AvgIpc) is 3.17. The van der Waals surface area contributed by atoms with Crippen LogP contribution in [0.2, 0.25) is 0 Å². The summed E-state index contributed by atoms with van der Waals surface area (Å²) in [6, 6.07) is 16.6. The summed E-state index contributed by atoms with van der Waals surface area (Å²) in [5.41, 5.74) is 3.00. The Balaban J connectivity index is 2.07. The summed E-state index contributed by atoms with van der Waals surface area (Å²) in [6.45, 7) is 0. The summed E-state index contributed by atoms with van der Waals surface area (Å²) in [7, 11) is 3.16. The van der Waals surface area contributed by atoms with E-state index in [4.69, 9.17) is 21.1 Å². The maximum Gasteiger partial charge on any atom is 0.272 e. The molecule has 0 amide bonds. The number of hydrogen-bond donors (Lipinski definition) is 0. The zero-order valence-corrected chi connectivity index (χ0v) is 16.0. The number of benzene rings is 2. The van der Waals surface area contributed by atoms with E-state index in [0.29, 0.717) is 22.8 Å². The number of nitrogens with zero attached hydrogens (tertiary/aromatic N) is 3. The quantitative estimate of drug-likeness (QED) is 0.467. The van der Waals surface area contributed by atoms with Crippen LogP contribution in [0.5, 0.6) is 11.5 Å². The SMILES string of the molecule is COc1cccc(OC)c1-c1cc(C(=O)Cl)nn1-c1cccc2ncccc12. The van der Waals surface area contributed by atoms with Crippen LogP contribution in [0.25, 0.3) is 27.8 Å². The number of rotatable bonds is 5. The molecule has 0 spiro atoms. The third-order valence-corrected chi connectivity index (χ3v) is 4.64. The summed E-state index contributed by atoms with van der Waals surface area (Å²) in [5, 5.41) is 4.69. The van der Waals surface area contributed by atoms with Gasteiger partial charge in [0.25, 0.3) is 5.24 Å². The topological polar surface area (TPSA) is 66.2 Å². The first kappa shape index (κ1) is 18.0. The highest BCUT2D eigenvalue weighted by Crippen LogP contribution is 2.40. The average molecular weight is 394 g/mol. The van der Waals surface area contributed by atoms with Crippen molar-refractivity contribution in [1.29, 1.82) is 0 Å². The lowest BCUT2D eigenvalue weighted by Crippen LogP contribution is -2.03. The van der Waals surface area contributed by atoms with E-state index in [-0.39, 0.29) is 5.69 Å². The predicted molar refractivity (Wildman–Crippen MR) is 108 cm³/mol. The Hall–Kier alpha value is -3.38. The summed E-state index contributed by atoms with van der Waals surface area (Å²) in [5.74, 6) is 1.18. The van der Waals surface area contributed by atoms with Gasteiger partial charge in [-0.15, -0.1) is 0 Å². The van der Waals surface area contributed by atoms with E-state index in [2.05, 4.69) is 10.1 Å². The fraction of sp³-hybridized carbons (Fsp3) is 0.0952. The van der Waals surface area contributed by atoms with Crippen molar-refractivity contribution in [2.45, 2.75) is 0 Å². The van der Waals surface area contributed by atoms with Gasteiger partial charge in [-0.2, -0.15) is 5.10 Å². The van der Waals surface area contributed by atoms with Crippen molar-refractivity contribution in [1.82, 2.24) is 14.8 Å². The maximum atomic E-state index is 11.9. The van der Waals surface area contributed by atoms with E-state index in [1.807, 2.05) is 48.5 Å².